The van der Waals surface area contributed by atoms with Gasteiger partial charge in [0.2, 0.25) is 0 Å². The molecule has 0 aliphatic rings. The van der Waals surface area contributed by atoms with Crippen LogP contribution in [-0.4, -0.2) is 18.2 Å². The van der Waals surface area contributed by atoms with E-state index < -0.39 is 5.97 Å². The maximum Gasteiger partial charge on any atom is 0.337 e. The second-order valence-corrected chi connectivity index (χ2v) is 8.08. The highest BCUT2D eigenvalue weighted by atomic mass is 79.9. The molecule has 3 aromatic rings. The summed E-state index contributed by atoms with van der Waals surface area (Å²) in [7, 11) is 1.58. The van der Waals surface area contributed by atoms with Gasteiger partial charge in [0.1, 0.15) is 6.61 Å². The highest BCUT2D eigenvalue weighted by Crippen LogP contribution is 2.37. The summed E-state index contributed by atoms with van der Waals surface area (Å²) >= 11 is 15.5. The lowest BCUT2D eigenvalue weighted by molar-refractivity contribution is 0.0697. The number of nitrogens with one attached hydrogen (secondary N) is 1. The SMILES string of the molecule is COc1cc(CNc2ccc(C(=O)O)c(Cl)c2)cc(Br)c1OCc1ccc(Cl)cc1. The molecule has 0 atom stereocenters. The predicted octanol–water partition coefficient (Wildman–Crippen LogP) is 6.65. The quantitative estimate of drug-likeness (QED) is 0.355. The molecule has 0 radical (unpaired) electrons. The average molecular weight is 511 g/mol. The van der Waals surface area contributed by atoms with Crippen LogP contribution < -0.4 is 14.8 Å². The molecule has 8 heteroatoms. The third-order valence-electron chi connectivity index (χ3n) is 4.28. The van der Waals surface area contributed by atoms with Crippen molar-refractivity contribution in [3.63, 3.8) is 0 Å². The number of hydrogen-bond acceptors (Lipinski definition) is 4. The van der Waals surface area contributed by atoms with Gasteiger partial charge in [0.15, 0.2) is 11.5 Å². The molecule has 0 aliphatic heterocycles. The van der Waals surface area contributed by atoms with Crippen molar-refractivity contribution in [1.29, 1.82) is 0 Å². The summed E-state index contributed by atoms with van der Waals surface area (Å²) in [5.41, 5.74) is 2.70. The lowest BCUT2D eigenvalue weighted by Gasteiger charge is -2.15. The lowest BCUT2D eigenvalue weighted by Crippen LogP contribution is -2.04. The normalized spacial score (nSPS) is 10.5. The van der Waals surface area contributed by atoms with E-state index in [1.807, 2.05) is 36.4 Å². The van der Waals surface area contributed by atoms with Gasteiger partial charge in [-0.1, -0.05) is 35.3 Å². The van der Waals surface area contributed by atoms with E-state index in [9.17, 15) is 4.79 Å². The van der Waals surface area contributed by atoms with Crippen LogP contribution in [0.3, 0.4) is 0 Å². The Morgan fingerprint density at radius 1 is 1.07 bits per heavy atom. The van der Waals surface area contributed by atoms with Gasteiger partial charge in [-0.2, -0.15) is 0 Å². The molecule has 0 saturated heterocycles. The van der Waals surface area contributed by atoms with E-state index in [0.29, 0.717) is 35.4 Å². The van der Waals surface area contributed by atoms with Crippen molar-refractivity contribution in [2.45, 2.75) is 13.2 Å². The minimum absolute atomic E-state index is 0.0637. The Balaban J connectivity index is 1.71. The first-order valence-electron chi connectivity index (χ1n) is 8.87. The molecule has 0 aliphatic carbocycles. The molecule has 0 saturated carbocycles. The Bertz CT molecular complexity index is 1060. The summed E-state index contributed by atoms with van der Waals surface area (Å²) in [6.07, 6.45) is 0. The Morgan fingerprint density at radius 3 is 2.43 bits per heavy atom. The standard InChI is InChI=1S/C22H18BrCl2NO4/c1-29-20-9-14(11-26-16-6-7-17(22(27)28)19(25)10-16)8-18(23)21(20)30-12-13-2-4-15(24)5-3-13/h2-10,26H,11-12H2,1H3,(H,27,28). The number of hydrogen-bond donors (Lipinski definition) is 2. The van der Waals surface area contributed by atoms with Crippen molar-refractivity contribution in [2.24, 2.45) is 0 Å². The Labute approximate surface area is 192 Å². The summed E-state index contributed by atoms with van der Waals surface area (Å²) in [4.78, 5) is 11.1. The molecule has 0 unspecified atom stereocenters. The van der Waals surface area contributed by atoms with Crippen LogP contribution in [0.15, 0.2) is 59.1 Å². The summed E-state index contributed by atoms with van der Waals surface area (Å²) in [5, 5.41) is 13.1. The molecule has 0 fully saturated rings. The van der Waals surface area contributed by atoms with Crippen LogP contribution in [0.4, 0.5) is 5.69 Å². The van der Waals surface area contributed by atoms with Gasteiger partial charge in [0, 0.05) is 17.3 Å². The van der Waals surface area contributed by atoms with Crippen LogP contribution >= 0.6 is 39.1 Å². The van der Waals surface area contributed by atoms with Crippen molar-refractivity contribution >= 4 is 50.8 Å². The first-order chi connectivity index (χ1) is 14.4. The number of halogens is 3. The molecule has 156 valence electrons. The largest absolute Gasteiger partial charge is 0.493 e. The minimum atomic E-state index is -1.06. The summed E-state index contributed by atoms with van der Waals surface area (Å²) in [5.74, 6) is 0.133. The van der Waals surface area contributed by atoms with E-state index in [2.05, 4.69) is 21.2 Å². The van der Waals surface area contributed by atoms with Crippen molar-refractivity contribution < 1.29 is 19.4 Å². The zero-order chi connectivity index (χ0) is 21.7. The third kappa shape index (κ3) is 5.59. The molecule has 0 amide bonds. The van der Waals surface area contributed by atoms with Gasteiger partial charge in [0.05, 0.1) is 22.2 Å². The number of aromatic carboxylic acids is 1. The third-order valence-corrected chi connectivity index (χ3v) is 5.44. The van der Waals surface area contributed by atoms with Crippen LogP contribution in [0.25, 0.3) is 0 Å². The Hall–Kier alpha value is -2.41. The van der Waals surface area contributed by atoms with Crippen molar-refractivity contribution in [1.82, 2.24) is 0 Å². The number of anilines is 1. The fourth-order valence-electron chi connectivity index (χ4n) is 2.75. The topological polar surface area (TPSA) is 67.8 Å². The fraction of sp³-hybridized carbons (Fsp3) is 0.136. The molecular formula is C22H18BrCl2NO4. The number of carbonyl (C=O) groups is 1. The van der Waals surface area contributed by atoms with Crippen molar-refractivity contribution in [3.05, 3.63) is 85.8 Å². The smallest absolute Gasteiger partial charge is 0.337 e. The van der Waals surface area contributed by atoms with Gasteiger partial charge < -0.3 is 19.9 Å². The van der Waals surface area contributed by atoms with Crippen LogP contribution in [-0.2, 0) is 13.2 Å². The number of rotatable bonds is 8. The van der Waals surface area contributed by atoms with Gasteiger partial charge in [-0.3, -0.25) is 0 Å². The maximum absolute atomic E-state index is 11.1. The van der Waals surface area contributed by atoms with E-state index in [1.165, 1.54) is 6.07 Å². The molecule has 2 N–H and O–H groups in total. The zero-order valence-electron chi connectivity index (χ0n) is 15.9. The number of benzene rings is 3. The second-order valence-electron chi connectivity index (χ2n) is 6.38. The van der Waals surface area contributed by atoms with E-state index in [-0.39, 0.29) is 10.6 Å². The monoisotopic (exact) mass is 509 g/mol. The second kappa shape index (κ2) is 10.1. The predicted molar refractivity (Wildman–Crippen MR) is 122 cm³/mol. The Morgan fingerprint density at radius 2 is 1.80 bits per heavy atom. The molecular weight excluding hydrogens is 493 g/mol. The van der Waals surface area contributed by atoms with E-state index in [0.717, 1.165) is 15.6 Å². The van der Waals surface area contributed by atoms with E-state index in [1.54, 1.807) is 19.2 Å². The lowest BCUT2D eigenvalue weighted by atomic mass is 10.1. The van der Waals surface area contributed by atoms with E-state index in [4.69, 9.17) is 37.8 Å². The average Bonchev–Trinajstić information content (AvgIpc) is 2.72. The summed E-state index contributed by atoms with van der Waals surface area (Å²) in [6, 6.07) is 16.0. The van der Waals surface area contributed by atoms with Gasteiger partial charge in [0.25, 0.3) is 0 Å². The van der Waals surface area contributed by atoms with Crippen LogP contribution in [0.1, 0.15) is 21.5 Å². The van der Waals surface area contributed by atoms with Crippen LogP contribution in [0, 0.1) is 0 Å². The van der Waals surface area contributed by atoms with Gasteiger partial charge in [-0.05, 0) is 69.5 Å². The molecule has 30 heavy (non-hydrogen) atoms. The molecule has 3 rings (SSSR count). The van der Waals surface area contributed by atoms with Gasteiger partial charge >= 0.3 is 5.97 Å². The molecule has 3 aromatic carbocycles. The highest BCUT2D eigenvalue weighted by Gasteiger charge is 2.13. The number of methoxy groups -OCH3 is 1. The van der Waals surface area contributed by atoms with E-state index >= 15 is 0 Å². The minimum Gasteiger partial charge on any atom is -0.493 e. The molecule has 0 aromatic heterocycles. The van der Waals surface area contributed by atoms with Crippen molar-refractivity contribution in [2.75, 3.05) is 12.4 Å². The first kappa shape index (κ1) is 22.3. The number of carboxylic acids is 1. The fourth-order valence-corrected chi connectivity index (χ4v) is 3.75. The number of carboxylic acid groups (broad SMARTS) is 1. The van der Waals surface area contributed by atoms with Gasteiger partial charge in [-0.15, -0.1) is 0 Å². The van der Waals surface area contributed by atoms with Crippen LogP contribution in [0.5, 0.6) is 11.5 Å². The first-order valence-corrected chi connectivity index (χ1v) is 10.4. The molecule has 0 heterocycles. The molecule has 0 bridgehead atoms. The zero-order valence-corrected chi connectivity index (χ0v) is 19.0. The highest BCUT2D eigenvalue weighted by molar-refractivity contribution is 9.10. The van der Waals surface area contributed by atoms with Gasteiger partial charge in [-0.25, -0.2) is 4.79 Å². The van der Waals surface area contributed by atoms with Crippen molar-refractivity contribution in [3.8, 4) is 11.5 Å². The summed E-state index contributed by atoms with van der Waals surface area (Å²) in [6.45, 7) is 0.854. The molecule has 0 spiro atoms. The molecule has 5 nitrogen and oxygen atoms in total. The maximum atomic E-state index is 11.1. The Kier molecular flexibility index (Phi) is 7.48. The summed E-state index contributed by atoms with van der Waals surface area (Å²) < 4.78 is 12.2. The number of ether oxygens (including phenoxy) is 2. The van der Waals surface area contributed by atoms with Crippen LogP contribution in [0.2, 0.25) is 10.0 Å².